The van der Waals surface area contributed by atoms with Gasteiger partial charge in [-0.25, -0.2) is 0 Å². The molecule has 0 aliphatic rings. The van der Waals surface area contributed by atoms with E-state index in [0.717, 1.165) is 49.9 Å². The molecule has 0 amide bonds. The molecule has 0 saturated carbocycles. The number of ether oxygens (including phenoxy) is 2. The minimum atomic E-state index is -2.94. The van der Waals surface area contributed by atoms with Crippen molar-refractivity contribution in [3.05, 3.63) is 0 Å². The van der Waals surface area contributed by atoms with E-state index in [1.165, 1.54) is 0 Å². The van der Waals surface area contributed by atoms with Crippen molar-refractivity contribution in [1.29, 1.82) is 0 Å². The van der Waals surface area contributed by atoms with Crippen LogP contribution in [0.3, 0.4) is 0 Å². The Morgan fingerprint density at radius 3 is 1.70 bits per heavy atom. The Morgan fingerprint density at radius 1 is 0.818 bits per heavy atom. The van der Waals surface area contributed by atoms with Crippen molar-refractivity contribution in [3.8, 4) is 0 Å². The van der Waals surface area contributed by atoms with Crippen LogP contribution in [0.2, 0.25) is 0 Å². The summed E-state index contributed by atoms with van der Waals surface area (Å²) in [6.07, 6.45) is 4.68. The van der Waals surface area contributed by atoms with E-state index >= 15 is 0 Å². The number of rotatable bonds is 19. The molecular formula is C24H47O6PS2. The number of carbonyl (C=O) groups excluding carboxylic acids is 2. The second-order valence-electron chi connectivity index (χ2n) is 9.43. The van der Waals surface area contributed by atoms with Crippen molar-refractivity contribution in [2.24, 2.45) is 11.8 Å². The van der Waals surface area contributed by atoms with Gasteiger partial charge < -0.3 is 18.5 Å². The highest BCUT2D eigenvalue weighted by Gasteiger charge is 2.36. The van der Waals surface area contributed by atoms with E-state index in [-0.39, 0.29) is 18.6 Å². The van der Waals surface area contributed by atoms with E-state index in [0.29, 0.717) is 25.0 Å². The van der Waals surface area contributed by atoms with Crippen LogP contribution in [-0.4, -0.2) is 42.6 Å². The Bertz CT molecular complexity index is 578. The maximum absolute atomic E-state index is 12.9. The number of esters is 2. The van der Waals surface area contributed by atoms with Gasteiger partial charge in [-0.1, -0.05) is 65.8 Å². The SMILES string of the molecule is CCCCOC(=O)CC(SP(=S)(OC(C)CC(C)C)OC(C)CC(C)C)C(=O)OCCCC. The minimum Gasteiger partial charge on any atom is -0.466 e. The van der Waals surface area contributed by atoms with Crippen LogP contribution in [0, 0.1) is 11.8 Å². The summed E-state index contributed by atoms with van der Waals surface area (Å²) >= 11 is 7.06. The topological polar surface area (TPSA) is 71.1 Å². The van der Waals surface area contributed by atoms with E-state index in [1.807, 2.05) is 27.7 Å². The van der Waals surface area contributed by atoms with Gasteiger partial charge in [0, 0.05) is 0 Å². The fraction of sp³-hybridized carbons (Fsp3) is 0.917. The zero-order valence-electron chi connectivity index (χ0n) is 22.0. The van der Waals surface area contributed by atoms with E-state index in [9.17, 15) is 9.59 Å². The van der Waals surface area contributed by atoms with Gasteiger partial charge >= 0.3 is 11.9 Å². The molecule has 6 nitrogen and oxygen atoms in total. The summed E-state index contributed by atoms with van der Waals surface area (Å²) in [4.78, 5) is 25.3. The van der Waals surface area contributed by atoms with Gasteiger partial charge in [0.15, 0.2) is 0 Å². The second kappa shape index (κ2) is 18.2. The van der Waals surface area contributed by atoms with Crippen LogP contribution in [0.4, 0.5) is 0 Å². The van der Waals surface area contributed by atoms with Crippen molar-refractivity contribution < 1.29 is 28.1 Å². The molecule has 3 atom stereocenters. The van der Waals surface area contributed by atoms with Gasteiger partial charge in [-0.15, -0.1) is 0 Å². The van der Waals surface area contributed by atoms with Crippen LogP contribution in [0.5, 0.6) is 0 Å². The average Bonchev–Trinajstić information content (AvgIpc) is 2.65. The van der Waals surface area contributed by atoms with Crippen molar-refractivity contribution in [3.63, 3.8) is 0 Å². The predicted octanol–water partition coefficient (Wildman–Crippen LogP) is 7.29. The monoisotopic (exact) mass is 526 g/mol. The smallest absolute Gasteiger partial charge is 0.320 e. The number of carbonyl (C=O) groups is 2. The highest BCUT2D eigenvalue weighted by molar-refractivity contribution is 8.68. The van der Waals surface area contributed by atoms with E-state index in [4.69, 9.17) is 30.3 Å². The molecule has 0 bridgehead atoms. The maximum Gasteiger partial charge on any atom is 0.320 e. The van der Waals surface area contributed by atoms with Crippen LogP contribution < -0.4 is 0 Å². The molecule has 9 heteroatoms. The Labute approximate surface area is 211 Å². The van der Waals surface area contributed by atoms with Crippen molar-refractivity contribution in [1.82, 2.24) is 0 Å². The molecule has 0 aromatic carbocycles. The molecule has 3 unspecified atom stereocenters. The van der Waals surface area contributed by atoms with E-state index < -0.39 is 22.9 Å². The Hall–Kier alpha value is -0.140. The normalized spacial score (nSPS) is 16.3. The highest BCUT2D eigenvalue weighted by Crippen LogP contribution is 2.65. The predicted molar refractivity (Wildman–Crippen MR) is 142 cm³/mol. The van der Waals surface area contributed by atoms with Gasteiger partial charge in [0.25, 0.3) is 0 Å². The number of hydrogen-bond acceptors (Lipinski definition) is 8. The fourth-order valence-corrected chi connectivity index (χ4v) is 9.49. The molecule has 0 saturated heterocycles. The molecule has 0 aromatic rings. The lowest BCUT2D eigenvalue weighted by Gasteiger charge is -2.31. The molecule has 0 heterocycles. The van der Waals surface area contributed by atoms with Gasteiger partial charge in [0.2, 0.25) is 5.69 Å². The summed E-state index contributed by atoms with van der Waals surface area (Å²) in [6, 6.07) is 0. The van der Waals surface area contributed by atoms with Crippen LogP contribution in [0.15, 0.2) is 0 Å². The van der Waals surface area contributed by atoms with Gasteiger partial charge in [-0.2, -0.15) is 0 Å². The third-order valence-corrected chi connectivity index (χ3v) is 10.1. The lowest BCUT2D eigenvalue weighted by Crippen LogP contribution is -2.26. The Balaban J connectivity index is 5.61. The molecule has 0 aromatic heterocycles. The number of unbranched alkanes of at least 4 members (excludes halogenated alkanes) is 2. The van der Waals surface area contributed by atoms with E-state index in [1.54, 1.807) is 0 Å². The molecule has 0 N–H and O–H groups in total. The highest BCUT2D eigenvalue weighted by atomic mass is 32.9. The first-order valence-corrected chi connectivity index (χ1v) is 16.5. The molecule has 0 aliphatic heterocycles. The third-order valence-electron chi connectivity index (χ3n) is 4.60. The van der Waals surface area contributed by atoms with Gasteiger partial charge in [0.05, 0.1) is 31.8 Å². The van der Waals surface area contributed by atoms with Gasteiger partial charge in [-0.3, -0.25) is 9.59 Å². The summed E-state index contributed by atoms with van der Waals surface area (Å²) in [5.41, 5.74) is -2.94. The van der Waals surface area contributed by atoms with Crippen molar-refractivity contribution in [2.75, 3.05) is 13.2 Å². The Morgan fingerprint density at radius 2 is 1.27 bits per heavy atom. The number of hydrogen-bond donors (Lipinski definition) is 0. The molecular weight excluding hydrogens is 479 g/mol. The van der Waals surface area contributed by atoms with Crippen LogP contribution in [0.1, 0.15) is 100 Å². The average molecular weight is 527 g/mol. The lowest BCUT2D eigenvalue weighted by atomic mass is 10.1. The zero-order chi connectivity index (χ0) is 25.4. The summed E-state index contributed by atoms with van der Waals surface area (Å²) < 4.78 is 23.3. The van der Waals surface area contributed by atoms with Crippen molar-refractivity contribution >= 4 is 40.8 Å². The van der Waals surface area contributed by atoms with Crippen LogP contribution in [0.25, 0.3) is 0 Å². The summed E-state index contributed by atoms with van der Waals surface area (Å²) in [7, 11) is 0. The van der Waals surface area contributed by atoms with Gasteiger partial charge in [0.1, 0.15) is 5.25 Å². The first-order chi connectivity index (χ1) is 15.4. The standard InChI is InChI=1S/C24H47O6PS2/c1-9-11-13-27-23(25)17-22(24(26)28-14-12-10-2)33-31(32,29-20(7)15-18(3)4)30-21(8)16-19(5)6/h18-22H,9-17H2,1-8H3. The first kappa shape index (κ1) is 32.9. The minimum absolute atomic E-state index is 0.110. The largest absolute Gasteiger partial charge is 0.466 e. The molecule has 0 radical (unpaired) electrons. The third kappa shape index (κ3) is 17.0. The maximum atomic E-state index is 12.9. The van der Waals surface area contributed by atoms with Crippen LogP contribution >= 0.6 is 17.1 Å². The first-order valence-electron chi connectivity index (χ1n) is 12.4. The molecule has 0 fully saturated rings. The lowest BCUT2D eigenvalue weighted by molar-refractivity contribution is -0.149. The second-order valence-corrected chi connectivity index (χ2v) is 15.7. The fourth-order valence-electron chi connectivity index (χ4n) is 3.20. The Kier molecular flexibility index (Phi) is 18.1. The molecule has 0 spiro atoms. The summed E-state index contributed by atoms with van der Waals surface area (Å²) in [5, 5.41) is -0.820. The molecule has 33 heavy (non-hydrogen) atoms. The molecule has 0 rings (SSSR count). The van der Waals surface area contributed by atoms with Crippen LogP contribution in [-0.2, 0) is 39.9 Å². The quantitative estimate of drug-likeness (QED) is 0.0987. The summed E-state index contributed by atoms with van der Waals surface area (Å²) in [5.74, 6) is -0.0227. The van der Waals surface area contributed by atoms with E-state index in [2.05, 4.69) is 27.7 Å². The zero-order valence-corrected chi connectivity index (χ0v) is 24.5. The molecule has 0 aliphatic carbocycles. The summed E-state index contributed by atoms with van der Waals surface area (Å²) in [6.45, 7) is 17.2. The molecule has 196 valence electrons. The van der Waals surface area contributed by atoms with Gasteiger partial charge in [-0.05, 0) is 63.2 Å². The van der Waals surface area contributed by atoms with Crippen molar-refractivity contribution in [2.45, 2.75) is 118 Å².